The summed E-state index contributed by atoms with van der Waals surface area (Å²) >= 11 is 0. The number of carboxylic acid groups (broad SMARTS) is 1. The molecule has 1 atom stereocenters. The number of hydrogen-bond donors (Lipinski definition) is 1. The lowest BCUT2D eigenvalue weighted by atomic mass is 10.2. The Morgan fingerprint density at radius 1 is 1.21 bits per heavy atom. The molecule has 19 heavy (non-hydrogen) atoms. The van der Waals surface area contributed by atoms with Gasteiger partial charge in [-0.25, -0.2) is 0 Å². The van der Waals surface area contributed by atoms with Gasteiger partial charge in [0.25, 0.3) is 0 Å². The zero-order valence-electron chi connectivity index (χ0n) is 10.5. The van der Waals surface area contributed by atoms with E-state index in [4.69, 9.17) is 14.6 Å². The molecule has 5 nitrogen and oxygen atoms in total. The summed E-state index contributed by atoms with van der Waals surface area (Å²) in [6.45, 7) is 1.03. The summed E-state index contributed by atoms with van der Waals surface area (Å²) < 4.78 is 22.9. The van der Waals surface area contributed by atoms with Crippen molar-refractivity contribution in [2.45, 2.75) is 24.2 Å². The molecule has 6 heteroatoms. The third kappa shape index (κ3) is 3.96. The predicted octanol–water partition coefficient (Wildman–Crippen LogP) is 1.82. The van der Waals surface area contributed by atoms with Gasteiger partial charge >= 0.3 is 5.97 Å². The number of rotatable bonds is 6. The van der Waals surface area contributed by atoms with Gasteiger partial charge < -0.3 is 14.6 Å². The van der Waals surface area contributed by atoms with Crippen LogP contribution in [0.15, 0.2) is 23.1 Å². The van der Waals surface area contributed by atoms with Crippen LogP contribution >= 0.6 is 0 Å². The summed E-state index contributed by atoms with van der Waals surface area (Å²) in [5, 5.41) is 8.52. The van der Waals surface area contributed by atoms with Gasteiger partial charge in [0.2, 0.25) is 0 Å². The van der Waals surface area contributed by atoms with Crippen molar-refractivity contribution >= 4 is 16.8 Å². The second kappa shape index (κ2) is 6.56. The van der Waals surface area contributed by atoms with Crippen molar-refractivity contribution in [2.24, 2.45) is 0 Å². The molecule has 1 unspecified atom stereocenters. The molecule has 0 saturated carbocycles. The Balaban J connectivity index is 1.90. The van der Waals surface area contributed by atoms with E-state index in [9.17, 15) is 9.00 Å². The van der Waals surface area contributed by atoms with Crippen molar-refractivity contribution in [1.82, 2.24) is 0 Å². The predicted molar refractivity (Wildman–Crippen MR) is 70.2 cm³/mol. The third-order valence-electron chi connectivity index (χ3n) is 2.75. The molecule has 0 bridgehead atoms. The zero-order valence-corrected chi connectivity index (χ0v) is 11.3. The minimum absolute atomic E-state index is 0.123. The molecule has 1 N–H and O–H groups in total. The number of aliphatic carboxylic acids is 1. The van der Waals surface area contributed by atoms with E-state index >= 15 is 0 Å². The quantitative estimate of drug-likeness (QED) is 0.807. The van der Waals surface area contributed by atoms with Crippen molar-refractivity contribution in [2.75, 3.05) is 19.0 Å². The second-order valence-corrected chi connectivity index (χ2v) is 5.78. The van der Waals surface area contributed by atoms with Crippen LogP contribution in [0.5, 0.6) is 11.5 Å². The van der Waals surface area contributed by atoms with Gasteiger partial charge in [0.05, 0.1) is 10.8 Å². The first kappa shape index (κ1) is 13.9. The van der Waals surface area contributed by atoms with E-state index in [1.54, 1.807) is 18.2 Å². The summed E-state index contributed by atoms with van der Waals surface area (Å²) in [6, 6.07) is 5.27. The van der Waals surface area contributed by atoms with E-state index in [2.05, 4.69) is 0 Å². The average Bonchev–Trinajstić information content (AvgIpc) is 2.42. The lowest BCUT2D eigenvalue weighted by Gasteiger charge is -2.18. The highest BCUT2D eigenvalue weighted by Gasteiger charge is 2.14. The zero-order chi connectivity index (χ0) is 13.7. The molecule has 0 fully saturated rings. The van der Waals surface area contributed by atoms with Gasteiger partial charge in [-0.15, -0.1) is 0 Å². The van der Waals surface area contributed by atoms with Gasteiger partial charge in [-0.1, -0.05) is 0 Å². The van der Waals surface area contributed by atoms with E-state index in [0.717, 1.165) is 0 Å². The highest BCUT2D eigenvalue weighted by atomic mass is 32.2. The maximum atomic E-state index is 12.0. The lowest BCUT2D eigenvalue weighted by molar-refractivity contribution is -0.137. The molecule has 1 aliphatic heterocycles. The molecule has 0 spiro atoms. The molecular weight excluding hydrogens is 268 g/mol. The number of carbonyl (C=O) groups is 1. The minimum Gasteiger partial charge on any atom is -0.486 e. The highest BCUT2D eigenvalue weighted by molar-refractivity contribution is 7.85. The molecule has 0 aromatic heterocycles. The summed E-state index contributed by atoms with van der Waals surface area (Å²) in [7, 11) is -1.12. The van der Waals surface area contributed by atoms with Crippen LogP contribution in [-0.2, 0) is 15.6 Å². The first-order valence-corrected chi connectivity index (χ1v) is 7.48. The Labute approximate surface area is 114 Å². The van der Waals surface area contributed by atoms with Gasteiger partial charge in [0.1, 0.15) is 13.2 Å². The maximum absolute atomic E-state index is 12.0. The molecule has 1 aromatic carbocycles. The summed E-state index contributed by atoms with van der Waals surface area (Å²) in [5.41, 5.74) is 0. The molecular formula is C13H16O5S. The Hall–Kier alpha value is -1.56. The fourth-order valence-corrected chi connectivity index (χ4v) is 2.95. The summed E-state index contributed by atoms with van der Waals surface area (Å²) in [5.74, 6) is 0.957. The first-order valence-electron chi connectivity index (χ1n) is 6.16. The van der Waals surface area contributed by atoms with E-state index in [0.29, 0.717) is 48.2 Å². The molecule has 2 rings (SSSR count). The SMILES string of the molecule is O=C(O)CCCCS(=O)c1ccc2c(c1)OCCO2. The second-order valence-electron chi connectivity index (χ2n) is 4.21. The molecule has 1 heterocycles. The van der Waals surface area contributed by atoms with Crippen LogP contribution in [-0.4, -0.2) is 34.3 Å². The largest absolute Gasteiger partial charge is 0.486 e. The van der Waals surface area contributed by atoms with Crippen molar-refractivity contribution < 1.29 is 23.6 Å². The molecule has 104 valence electrons. The van der Waals surface area contributed by atoms with Crippen LogP contribution < -0.4 is 9.47 Å². The Bertz CT molecular complexity index is 486. The average molecular weight is 284 g/mol. The van der Waals surface area contributed by atoms with Crippen molar-refractivity contribution in [3.63, 3.8) is 0 Å². The van der Waals surface area contributed by atoms with Crippen molar-refractivity contribution in [1.29, 1.82) is 0 Å². The van der Waals surface area contributed by atoms with Crippen LogP contribution in [0.25, 0.3) is 0 Å². The molecule has 0 saturated heterocycles. The number of benzene rings is 1. The van der Waals surface area contributed by atoms with Crippen LogP contribution in [0.3, 0.4) is 0 Å². The van der Waals surface area contributed by atoms with Gasteiger partial charge in [0, 0.05) is 23.1 Å². The van der Waals surface area contributed by atoms with Crippen LogP contribution in [0, 0.1) is 0 Å². The van der Waals surface area contributed by atoms with E-state index in [1.807, 2.05) is 0 Å². The summed E-state index contributed by atoms with van der Waals surface area (Å²) in [6.07, 6.45) is 1.30. The number of unbranched alkanes of at least 4 members (excludes halogenated alkanes) is 1. The fraction of sp³-hybridized carbons (Fsp3) is 0.462. The Morgan fingerprint density at radius 3 is 2.68 bits per heavy atom. The monoisotopic (exact) mass is 284 g/mol. The Kier molecular flexibility index (Phi) is 4.79. The molecule has 0 radical (unpaired) electrons. The molecule has 1 aromatic rings. The van der Waals surface area contributed by atoms with Crippen molar-refractivity contribution in [3.8, 4) is 11.5 Å². The van der Waals surface area contributed by atoms with E-state index in [-0.39, 0.29) is 6.42 Å². The van der Waals surface area contributed by atoms with Crippen LogP contribution in [0.4, 0.5) is 0 Å². The maximum Gasteiger partial charge on any atom is 0.303 e. The van der Waals surface area contributed by atoms with Gasteiger partial charge in [-0.3, -0.25) is 9.00 Å². The fourth-order valence-electron chi connectivity index (χ4n) is 1.79. The van der Waals surface area contributed by atoms with Crippen LogP contribution in [0.2, 0.25) is 0 Å². The minimum atomic E-state index is -1.12. The lowest BCUT2D eigenvalue weighted by Crippen LogP contribution is -2.15. The Morgan fingerprint density at radius 2 is 1.95 bits per heavy atom. The first-order chi connectivity index (χ1) is 9.16. The molecule has 0 aliphatic carbocycles. The van der Waals surface area contributed by atoms with Crippen LogP contribution in [0.1, 0.15) is 19.3 Å². The standard InChI is InChI=1S/C13H16O5S/c14-13(15)3-1-2-8-19(16)10-4-5-11-12(9-10)18-7-6-17-11/h4-5,9H,1-3,6-8H2,(H,14,15). The van der Waals surface area contributed by atoms with Crippen molar-refractivity contribution in [3.05, 3.63) is 18.2 Å². The number of carboxylic acids is 1. The normalized spacial score (nSPS) is 14.9. The third-order valence-corrected chi connectivity index (χ3v) is 4.19. The molecule has 0 amide bonds. The van der Waals surface area contributed by atoms with E-state index in [1.165, 1.54) is 0 Å². The highest BCUT2D eigenvalue weighted by Crippen LogP contribution is 2.31. The number of hydrogen-bond acceptors (Lipinski definition) is 4. The van der Waals surface area contributed by atoms with Gasteiger partial charge in [-0.05, 0) is 25.0 Å². The number of fused-ring (bicyclic) bond motifs is 1. The van der Waals surface area contributed by atoms with E-state index < -0.39 is 16.8 Å². The number of ether oxygens (including phenoxy) is 2. The summed E-state index contributed by atoms with van der Waals surface area (Å²) in [4.78, 5) is 11.1. The smallest absolute Gasteiger partial charge is 0.303 e. The molecule has 1 aliphatic rings. The van der Waals surface area contributed by atoms with Gasteiger partial charge in [-0.2, -0.15) is 0 Å². The topological polar surface area (TPSA) is 72.8 Å². The van der Waals surface area contributed by atoms with Gasteiger partial charge in [0.15, 0.2) is 11.5 Å².